The molecule has 0 bridgehead atoms. The monoisotopic (exact) mass is 445 g/mol. The molecule has 1 aliphatic heterocycles. The number of aromatic nitrogens is 1. The first-order valence-corrected chi connectivity index (χ1v) is 12.0. The average molecular weight is 446 g/mol. The number of piperidine rings is 1. The van der Waals surface area contributed by atoms with Gasteiger partial charge in [-0.3, -0.25) is 4.79 Å². The third kappa shape index (κ3) is 6.66. The van der Waals surface area contributed by atoms with Crippen molar-refractivity contribution in [2.45, 2.75) is 65.4 Å². The fourth-order valence-corrected chi connectivity index (χ4v) is 4.98. The Morgan fingerprint density at radius 1 is 1.23 bits per heavy atom. The van der Waals surface area contributed by atoms with Gasteiger partial charge in [0.2, 0.25) is 5.91 Å². The maximum absolute atomic E-state index is 12.5. The highest BCUT2D eigenvalue weighted by Crippen LogP contribution is 2.29. The minimum Gasteiger partial charge on any atom is -0.444 e. The van der Waals surface area contributed by atoms with Crippen LogP contribution in [0, 0.1) is 11.8 Å². The molecule has 0 spiro atoms. The van der Waals surface area contributed by atoms with Gasteiger partial charge < -0.3 is 15.0 Å². The standard InChI is InChI=1S/C24H35N3O3S/c1-16(18-10-12-27(13-11-18)23(29)30-24(3,4)5)14-21(28)25-15-17(2)22-26-19-8-6-7-9-20(19)31-22/h6-9,16-18H,10-15H2,1-5H3,(H,25,28)/t16-,17-/m0/s1. The van der Waals surface area contributed by atoms with Crippen LogP contribution in [0.3, 0.4) is 0 Å². The molecule has 170 valence electrons. The van der Waals surface area contributed by atoms with Gasteiger partial charge in [-0.05, 0) is 57.6 Å². The third-order valence-electron chi connectivity index (χ3n) is 5.84. The van der Waals surface area contributed by atoms with Crippen molar-refractivity contribution in [1.29, 1.82) is 0 Å². The highest BCUT2D eigenvalue weighted by atomic mass is 32.1. The summed E-state index contributed by atoms with van der Waals surface area (Å²) in [6.45, 7) is 11.9. The first-order chi connectivity index (χ1) is 14.6. The lowest BCUT2D eigenvalue weighted by Gasteiger charge is -2.35. The van der Waals surface area contributed by atoms with Crippen LogP contribution in [0.25, 0.3) is 10.2 Å². The number of para-hydroxylation sites is 1. The van der Waals surface area contributed by atoms with Crippen LogP contribution >= 0.6 is 11.3 Å². The van der Waals surface area contributed by atoms with Crippen LogP contribution in [0.1, 0.15) is 64.8 Å². The van der Waals surface area contributed by atoms with Crippen LogP contribution in [0.4, 0.5) is 4.79 Å². The Bertz CT molecular complexity index is 864. The summed E-state index contributed by atoms with van der Waals surface area (Å²) in [4.78, 5) is 31.2. The fraction of sp³-hybridized carbons (Fsp3) is 0.625. The third-order valence-corrected chi connectivity index (χ3v) is 7.11. The molecule has 31 heavy (non-hydrogen) atoms. The SMILES string of the molecule is C[C@@H](CNC(=O)C[C@H](C)C1CCN(C(=O)OC(C)(C)C)CC1)c1nc2ccccc2s1. The first kappa shape index (κ1) is 23.5. The number of likely N-dealkylation sites (tertiary alicyclic amines) is 1. The van der Waals surface area contributed by atoms with Crippen LogP contribution in [0.2, 0.25) is 0 Å². The van der Waals surface area contributed by atoms with Gasteiger partial charge in [0.1, 0.15) is 5.60 Å². The minimum absolute atomic E-state index is 0.0926. The summed E-state index contributed by atoms with van der Waals surface area (Å²) in [5.74, 6) is 1.02. The molecule has 2 aromatic rings. The van der Waals surface area contributed by atoms with Crippen molar-refractivity contribution in [2.24, 2.45) is 11.8 Å². The van der Waals surface area contributed by atoms with Gasteiger partial charge in [0.15, 0.2) is 0 Å². The number of amides is 2. The van der Waals surface area contributed by atoms with Gasteiger partial charge in [-0.1, -0.05) is 26.0 Å². The summed E-state index contributed by atoms with van der Waals surface area (Å²) in [6, 6.07) is 8.13. The predicted molar refractivity (Wildman–Crippen MR) is 125 cm³/mol. The second kappa shape index (κ2) is 9.98. The molecular weight excluding hydrogens is 410 g/mol. The van der Waals surface area contributed by atoms with E-state index in [1.807, 2.05) is 39.0 Å². The van der Waals surface area contributed by atoms with E-state index in [0.29, 0.717) is 37.9 Å². The summed E-state index contributed by atoms with van der Waals surface area (Å²) in [5.41, 5.74) is 0.550. The molecule has 0 radical (unpaired) electrons. The minimum atomic E-state index is -0.470. The number of nitrogens with zero attached hydrogens (tertiary/aromatic N) is 2. The molecule has 2 heterocycles. The van der Waals surface area contributed by atoms with E-state index in [4.69, 9.17) is 9.72 Å². The van der Waals surface area contributed by atoms with Crippen molar-refractivity contribution in [1.82, 2.24) is 15.2 Å². The molecule has 0 unspecified atom stereocenters. The number of hydrogen-bond acceptors (Lipinski definition) is 5. The van der Waals surface area contributed by atoms with Crippen molar-refractivity contribution < 1.29 is 14.3 Å². The highest BCUT2D eigenvalue weighted by molar-refractivity contribution is 7.18. The van der Waals surface area contributed by atoms with Crippen molar-refractivity contribution in [3.05, 3.63) is 29.3 Å². The number of nitrogens with one attached hydrogen (secondary N) is 1. The van der Waals surface area contributed by atoms with Gasteiger partial charge in [0.05, 0.1) is 15.2 Å². The summed E-state index contributed by atoms with van der Waals surface area (Å²) in [5, 5.41) is 4.15. The van der Waals surface area contributed by atoms with E-state index in [0.717, 1.165) is 23.4 Å². The molecule has 3 rings (SSSR count). The van der Waals surface area contributed by atoms with Gasteiger partial charge in [0, 0.05) is 32.0 Å². The van der Waals surface area contributed by atoms with E-state index in [1.165, 1.54) is 4.70 Å². The molecule has 6 nitrogen and oxygen atoms in total. The summed E-state index contributed by atoms with van der Waals surface area (Å²) < 4.78 is 6.65. The lowest BCUT2D eigenvalue weighted by atomic mass is 9.83. The summed E-state index contributed by atoms with van der Waals surface area (Å²) in [6.07, 6.45) is 2.11. The fourth-order valence-electron chi connectivity index (χ4n) is 3.96. The van der Waals surface area contributed by atoms with Crippen LogP contribution in [0.15, 0.2) is 24.3 Å². The second-order valence-corrected chi connectivity index (χ2v) is 10.8. The van der Waals surface area contributed by atoms with E-state index in [2.05, 4.69) is 25.2 Å². The molecule has 0 aliphatic carbocycles. The Kier molecular flexibility index (Phi) is 7.57. The lowest BCUT2D eigenvalue weighted by molar-refractivity contribution is -0.122. The average Bonchev–Trinajstić information content (AvgIpc) is 3.15. The molecular formula is C24H35N3O3S. The number of benzene rings is 1. The first-order valence-electron chi connectivity index (χ1n) is 11.2. The largest absolute Gasteiger partial charge is 0.444 e. The topological polar surface area (TPSA) is 71.5 Å². The van der Waals surface area contributed by atoms with E-state index < -0.39 is 5.60 Å². The van der Waals surface area contributed by atoms with Crippen LogP contribution < -0.4 is 5.32 Å². The Labute approximate surface area is 189 Å². The molecule has 1 aromatic heterocycles. The molecule has 0 saturated carbocycles. The normalized spacial score (nSPS) is 17.4. The van der Waals surface area contributed by atoms with Gasteiger partial charge in [0.25, 0.3) is 0 Å². The van der Waals surface area contributed by atoms with Gasteiger partial charge in [-0.25, -0.2) is 9.78 Å². The highest BCUT2D eigenvalue weighted by Gasteiger charge is 2.29. The number of ether oxygens (including phenoxy) is 1. The van der Waals surface area contributed by atoms with Crippen molar-refractivity contribution in [3.8, 4) is 0 Å². The van der Waals surface area contributed by atoms with E-state index in [9.17, 15) is 9.59 Å². The Balaban J connectivity index is 1.41. The molecule has 1 aliphatic rings. The summed E-state index contributed by atoms with van der Waals surface area (Å²) >= 11 is 1.69. The number of thiazole rings is 1. The van der Waals surface area contributed by atoms with Crippen molar-refractivity contribution >= 4 is 33.6 Å². The molecule has 2 atom stereocenters. The van der Waals surface area contributed by atoms with Crippen molar-refractivity contribution in [3.63, 3.8) is 0 Å². The van der Waals surface area contributed by atoms with Crippen LogP contribution in [-0.2, 0) is 9.53 Å². The van der Waals surface area contributed by atoms with E-state index in [-0.39, 0.29) is 17.9 Å². The summed E-state index contributed by atoms with van der Waals surface area (Å²) in [7, 11) is 0. The maximum Gasteiger partial charge on any atom is 0.410 e. The zero-order valence-corrected chi connectivity index (χ0v) is 20.1. The molecule has 1 aromatic carbocycles. The van der Waals surface area contributed by atoms with Crippen LogP contribution in [0.5, 0.6) is 0 Å². The Morgan fingerprint density at radius 2 is 1.90 bits per heavy atom. The maximum atomic E-state index is 12.5. The number of carbonyl (C=O) groups is 2. The zero-order chi connectivity index (χ0) is 22.6. The van der Waals surface area contributed by atoms with E-state index >= 15 is 0 Å². The Hall–Kier alpha value is -2.15. The molecule has 1 fully saturated rings. The number of rotatable bonds is 6. The van der Waals surface area contributed by atoms with Crippen LogP contribution in [-0.4, -0.2) is 47.1 Å². The lowest BCUT2D eigenvalue weighted by Crippen LogP contribution is -2.43. The quantitative estimate of drug-likeness (QED) is 0.664. The predicted octanol–water partition coefficient (Wildman–Crippen LogP) is 5.19. The smallest absolute Gasteiger partial charge is 0.410 e. The number of carbonyl (C=O) groups excluding carboxylic acids is 2. The number of fused-ring (bicyclic) bond motifs is 1. The molecule has 7 heteroatoms. The second-order valence-electron chi connectivity index (χ2n) is 9.71. The molecule has 1 N–H and O–H groups in total. The number of hydrogen-bond donors (Lipinski definition) is 1. The molecule has 1 saturated heterocycles. The van der Waals surface area contributed by atoms with Gasteiger partial charge in [-0.2, -0.15) is 0 Å². The van der Waals surface area contributed by atoms with Gasteiger partial charge >= 0.3 is 6.09 Å². The zero-order valence-electron chi connectivity index (χ0n) is 19.3. The van der Waals surface area contributed by atoms with E-state index in [1.54, 1.807) is 16.2 Å². The van der Waals surface area contributed by atoms with Gasteiger partial charge in [-0.15, -0.1) is 11.3 Å². The van der Waals surface area contributed by atoms with Crippen molar-refractivity contribution in [2.75, 3.05) is 19.6 Å². The molecule has 2 amide bonds. The Morgan fingerprint density at radius 3 is 2.55 bits per heavy atom.